The number of fused-ring (bicyclic) bond motifs is 1. The third-order valence-corrected chi connectivity index (χ3v) is 5.86. The molecule has 5 rings (SSSR count). The summed E-state index contributed by atoms with van der Waals surface area (Å²) in [6, 6.07) is 13.8. The molecule has 9 heteroatoms. The van der Waals surface area contributed by atoms with Crippen molar-refractivity contribution in [1.82, 2.24) is 30.7 Å². The van der Waals surface area contributed by atoms with E-state index in [0.717, 1.165) is 64.7 Å². The number of piperazine rings is 1. The predicted octanol–water partition coefficient (Wildman–Crippen LogP) is 3.40. The summed E-state index contributed by atoms with van der Waals surface area (Å²) in [5.74, 6) is 2.06. The largest absolute Gasteiger partial charge is 0.361 e. The fourth-order valence-corrected chi connectivity index (χ4v) is 3.95. The normalized spacial score (nSPS) is 14.2. The van der Waals surface area contributed by atoms with Crippen molar-refractivity contribution < 1.29 is 0 Å². The first-order chi connectivity index (χ1) is 15.2. The van der Waals surface area contributed by atoms with Crippen molar-refractivity contribution >= 4 is 34.1 Å². The van der Waals surface area contributed by atoms with Crippen molar-refractivity contribution in [2.24, 2.45) is 0 Å². The van der Waals surface area contributed by atoms with E-state index in [2.05, 4.69) is 42.0 Å². The van der Waals surface area contributed by atoms with Crippen molar-refractivity contribution in [3.05, 3.63) is 58.7 Å². The van der Waals surface area contributed by atoms with Crippen LogP contribution in [0.25, 0.3) is 22.3 Å². The van der Waals surface area contributed by atoms with Crippen LogP contribution in [-0.4, -0.2) is 51.6 Å². The maximum Gasteiger partial charge on any atom is 0.192 e. The first-order valence-electron chi connectivity index (χ1n) is 10.3. The monoisotopic (exact) mass is 434 g/mol. The van der Waals surface area contributed by atoms with Gasteiger partial charge in [-0.3, -0.25) is 5.10 Å². The average Bonchev–Trinajstić information content (AvgIpc) is 3.19. The molecule has 2 aromatic heterocycles. The van der Waals surface area contributed by atoms with Crippen molar-refractivity contribution in [3.63, 3.8) is 0 Å². The molecular weight excluding hydrogens is 412 g/mol. The summed E-state index contributed by atoms with van der Waals surface area (Å²) in [5, 5.41) is 24.8. The molecule has 0 amide bonds. The molecule has 1 aliphatic heterocycles. The molecule has 0 unspecified atom stereocenters. The minimum atomic E-state index is 0.550. The summed E-state index contributed by atoms with van der Waals surface area (Å²) in [6.45, 7) is 6.09. The van der Waals surface area contributed by atoms with Gasteiger partial charge in [-0.1, -0.05) is 29.8 Å². The molecule has 3 N–H and O–H groups in total. The van der Waals surface area contributed by atoms with E-state index in [1.165, 1.54) is 0 Å². The second kappa shape index (κ2) is 8.49. The second-order valence-electron chi connectivity index (χ2n) is 7.57. The molecule has 0 aliphatic carbocycles. The highest BCUT2D eigenvalue weighted by Crippen LogP contribution is 2.28. The van der Waals surface area contributed by atoms with Crippen molar-refractivity contribution in [2.45, 2.75) is 13.5 Å². The van der Waals surface area contributed by atoms with Crippen LogP contribution >= 0.6 is 11.6 Å². The van der Waals surface area contributed by atoms with Crippen molar-refractivity contribution in [1.29, 1.82) is 0 Å². The molecule has 0 radical (unpaired) electrons. The number of hydrogen-bond donors (Lipinski definition) is 3. The molecule has 0 spiro atoms. The third kappa shape index (κ3) is 4.04. The van der Waals surface area contributed by atoms with Gasteiger partial charge in [0.25, 0.3) is 0 Å². The van der Waals surface area contributed by atoms with Gasteiger partial charge in [-0.25, -0.2) is 4.98 Å². The van der Waals surface area contributed by atoms with Gasteiger partial charge in [0.2, 0.25) is 0 Å². The number of nitrogens with one attached hydrogen (secondary N) is 3. The lowest BCUT2D eigenvalue weighted by Crippen LogP contribution is -2.44. The van der Waals surface area contributed by atoms with Crippen LogP contribution in [0.1, 0.15) is 11.3 Å². The van der Waals surface area contributed by atoms with Crippen LogP contribution < -0.4 is 15.5 Å². The van der Waals surface area contributed by atoms with Crippen LogP contribution in [0.5, 0.6) is 0 Å². The number of aromatic amines is 1. The summed E-state index contributed by atoms with van der Waals surface area (Å²) in [4.78, 5) is 7.16. The highest BCUT2D eigenvalue weighted by Gasteiger charge is 2.19. The number of halogens is 1. The number of H-pyrrole nitrogens is 1. The quantitative estimate of drug-likeness (QED) is 0.443. The number of hydrogen-bond acceptors (Lipinski definition) is 7. The zero-order valence-corrected chi connectivity index (χ0v) is 17.9. The van der Waals surface area contributed by atoms with Crippen LogP contribution in [0, 0.1) is 6.92 Å². The Kier molecular flexibility index (Phi) is 5.40. The van der Waals surface area contributed by atoms with Gasteiger partial charge in [0.1, 0.15) is 0 Å². The Morgan fingerprint density at radius 2 is 1.94 bits per heavy atom. The highest BCUT2D eigenvalue weighted by molar-refractivity contribution is 6.31. The van der Waals surface area contributed by atoms with Gasteiger partial charge in [-0.2, -0.15) is 5.10 Å². The summed E-state index contributed by atoms with van der Waals surface area (Å²) >= 11 is 6.32. The smallest absolute Gasteiger partial charge is 0.192 e. The van der Waals surface area contributed by atoms with E-state index in [-0.39, 0.29) is 0 Å². The maximum absolute atomic E-state index is 6.32. The molecule has 0 atom stereocenters. The van der Waals surface area contributed by atoms with Gasteiger partial charge in [-0.05, 0) is 36.8 Å². The van der Waals surface area contributed by atoms with E-state index in [4.69, 9.17) is 16.6 Å². The van der Waals surface area contributed by atoms with Crippen molar-refractivity contribution in [2.75, 3.05) is 36.4 Å². The minimum absolute atomic E-state index is 0.550. The fraction of sp³-hybridized carbons (Fsp3) is 0.273. The Hall–Kier alpha value is -3.23. The Morgan fingerprint density at radius 1 is 1.10 bits per heavy atom. The Bertz CT molecular complexity index is 1220. The van der Waals surface area contributed by atoms with E-state index in [1.54, 1.807) is 0 Å². The van der Waals surface area contributed by atoms with E-state index >= 15 is 0 Å². The van der Waals surface area contributed by atoms with E-state index in [0.29, 0.717) is 18.2 Å². The lowest BCUT2D eigenvalue weighted by molar-refractivity contribution is 0.584. The number of aromatic nitrogens is 5. The highest BCUT2D eigenvalue weighted by atomic mass is 35.5. The molecule has 8 nitrogen and oxygen atoms in total. The Morgan fingerprint density at radius 3 is 2.77 bits per heavy atom. The van der Waals surface area contributed by atoms with Gasteiger partial charge in [0.05, 0.1) is 5.52 Å². The molecule has 2 aromatic carbocycles. The SMILES string of the molecule is Cc1[nH]nc2ccc(-c3nnc(NCc4ccccc4Cl)c(N4CCNCC4)n3)cc12. The van der Waals surface area contributed by atoms with Crippen molar-refractivity contribution in [3.8, 4) is 11.4 Å². The summed E-state index contributed by atoms with van der Waals surface area (Å²) < 4.78 is 0. The molecule has 1 fully saturated rings. The molecule has 158 valence electrons. The first kappa shape index (κ1) is 19.7. The number of anilines is 2. The summed E-state index contributed by atoms with van der Waals surface area (Å²) in [5.41, 5.74) is 3.86. The second-order valence-corrected chi connectivity index (χ2v) is 7.98. The molecule has 0 bridgehead atoms. The van der Waals surface area contributed by atoms with Crippen LogP contribution in [0.15, 0.2) is 42.5 Å². The fourth-order valence-electron chi connectivity index (χ4n) is 3.75. The number of nitrogens with zero attached hydrogens (tertiary/aromatic N) is 5. The maximum atomic E-state index is 6.32. The zero-order chi connectivity index (χ0) is 21.2. The van der Waals surface area contributed by atoms with Gasteiger partial charge in [0.15, 0.2) is 17.5 Å². The zero-order valence-electron chi connectivity index (χ0n) is 17.2. The van der Waals surface area contributed by atoms with E-state index in [1.807, 2.05) is 43.3 Å². The standard InChI is InChI=1S/C22H23ClN8/c1-14-17-12-15(6-7-19(17)28-27-14)20-26-22(31-10-8-24-9-11-31)21(30-29-20)25-13-16-4-2-3-5-18(16)23/h2-7,12,24H,8-11,13H2,1H3,(H,25,30)(H,27,28). The Balaban J connectivity index is 1.50. The lowest BCUT2D eigenvalue weighted by Gasteiger charge is -2.29. The predicted molar refractivity (Wildman–Crippen MR) is 124 cm³/mol. The molecule has 31 heavy (non-hydrogen) atoms. The topological polar surface area (TPSA) is 94.6 Å². The number of aryl methyl sites for hydroxylation is 1. The molecule has 0 saturated carbocycles. The molecule has 1 saturated heterocycles. The van der Waals surface area contributed by atoms with Gasteiger partial charge in [-0.15, -0.1) is 10.2 Å². The van der Waals surface area contributed by atoms with Crippen LogP contribution in [0.4, 0.5) is 11.6 Å². The van der Waals surface area contributed by atoms with Gasteiger partial charge < -0.3 is 15.5 Å². The van der Waals surface area contributed by atoms with E-state index < -0.39 is 0 Å². The van der Waals surface area contributed by atoms with Crippen LogP contribution in [0.3, 0.4) is 0 Å². The molecule has 3 heterocycles. The molecule has 1 aliphatic rings. The number of rotatable bonds is 5. The number of benzene rings is 2. The lowest BCUT2D eigenvalue weighted by atomic mass is 10.1. The summed E-state index contributed by atoms with van der Waals surface area (Å²) in [7, 11) is 0. The van der Waals surface area contributed by atoms with Crippen LogP contribution in [0.2, 0.25) is 5.02 Å². The van der Waals surface area contributed by atoms with Gasteiger partial charge in [0, 0.05) is 54.4 Å². The minimum Gasteiger partial charge on any atom is -0.361 e. The average molecular weight is 435 g/mol. The molecule has 4 aromatic rings. The Labute approximate surface area is 185 Å². The van der Waals surface area contributed by atoms with Crippen LogP contribution in [-0.2, 0) is 6.54 Å². The van der Waals surface area contributed by atoms with E-state index in [9.17, 15) is 0 Å². The van der Waals surface area contributed by atoms with Gasteiger partial charge >= 0.3 is 0 Å². The third-order valence-electron chi connectivity index (χ3n) is 5.49. The summed E-state index contributed by atoms with van der Waals surface area (Å²) in [6.07, 6.45) is 0. The first-order valence-corrected chi connectivity index (χ1v) is 10.7. The molecular formula is C22H23ClN8.